The smallest absolute Gasteiger partial charge is 0.159 e. The number of pyridine rings is 3. The van der Waals surface area contributed by atoms with Gasteiger partial charge in [-0.3, -0.25) is 15.1 Å². The number of rotatable bonds is 1. The molecule has 0 fully saturated rings. The molecule has 0 unspecified atom stereocenters. The maximum absolute atomic E-state index is 4.94. The van der Waals surface area contributed by atoms with Crippen molar-refractivity contribution in [3.8, 4) is 0 Å². The Bertz CT molecular complexity index is 1920. The zero-order valence-electron chi connectivity index (χ0n) is 17.9. The van der Waals surface area contributed by atoms with Crippen LogP contribution in [0.4, 0.5) is 0 Å². The molecule has 7 rings (SSSR count). The van der Waals surface area contributed by atoms with Gasteiger partial charge < -0.3 is 9.55 Å². The number of aromatic amines is 2. The molecule has 0 atom stereocenters. The SMILES string of the molecule is CC(C)n1c2cncc(c2)c2cnc3[nH]nc(c4nc5c(cncc5c5ccc1s5)[nH]4)c3c2. The summed E-state index contributed by atoms with van der Waals surface area (Å²) in [7, 11) is 0. The van der Waals surface area contributed by atoms with Gasteiger partial charge in [-0.15, -0.1) is 11.3 Å². The highest BCUT2D eigenvalue weighted by molar-refractivity contribution is 7.23. The third-order valence-electron chi connectivity index (χ3n) is 5.98. The topological polar surface area (TPSA) is 101 Å². The quantitative estimate of drug-likeness (QED) is 0.329. The fraction of sp³-hybridized carbons (Fsp3) is 0.125. The molecule has 33 heavy (non-hydrogen) atoms. The van der Waals surface area contributed by atoms with Crippen LogP contribution in [0.15, 0.2) is 55.2 Å². The van der Waals surface area contributed by atoms with Gasteiger partial charge in [0, 0.05) is 45.5 Å². The molecular weight excluding hydrogens is 432 g/mol. The largest absolute Gasteiger partial charge is 0.335 e. The minimum absolute atomic E-state index is 0.246. The fourth-order valence-corrected chi connectivity index (χ4v) is 5.64. The van der Waals surface area contributed by atoms with Gasteiger partial charge in [0.2, 0.25) is 0 Å². The Labute approximate surface area is 190 Å². The van der Waals surface area contributed by atoms with E-state index in [4.69, 9.17) is 4.98 Å². The highest BCUT2D eigenvalue weighted by Crippen LogP contribution is 2.31. The number of thiophene rings is 1. The van der Waals surface area contributed by atoms with Gasteiger partial charge in [0.05, 0.1) is 33.6 Å². The average Bonchev–Trinajstić information content (AvgIpc) is 3.55. The molecule has 2 N–H and O–H groups in total. The number of H-pyrrole nitrogens is 2. The van der Waals surface area contributed by atoms with E-state index in [1.165, 1.54) is 0 Å². The van der Waals surface area contributed by atoms with Crippen LogP contribution in [0, 0.1) is 0 Å². The first-order valence-corrected chi connectivity index (χ1v) is 11.5. The van der Waals surface area contributed by atoms with Gasteiger partial charge in [0.1, 0.15) is 11.0 Å². The molecule has 0 radical (unpaired) electrons. The van der Waals surface area contributed by atoms with Gasteiger partial charge in [-0.25, -0.2) is 9.97 Å². The van der Waals surface area contributed by atoms with E-state index in [1.54, 1.807) is 11.3 Å². The van der Waals surface area contributed by atoms with Gasteiger partial charge in [-0.05, 0) is 38.1 Å². The molecule has 160 valence electrons. The lowest BCUT2D eigenvalue weighted by molar-refractivity contribution is 0.640. The molecule has 7 aromatic heterocycles. The second kappa shape index (κ2) is 6.69. The van der Waals surface area contributed by atoms with Crippen LogP contribution in [0.5, 0.6) is 0 Å². The lowest BCUT2D eigenvalue weighted by atomic mass is 10.2. The van der Waals surface area contributed by atoms with Crippen molar-refractivity contribution in [2.45, 2.75) is 19.9 Å². The van der Waals surface area contributed by atoms with E-state index in [0.29, 0.717) is 11.3 Å². The normalized spacial score (nSPS) is 12.2. The number of hydrogen-bond acceptors (Lipinski definition) is 6. The lowest BCUT2D eigenvalue weighted by Crippen LogP contribution is -2.01. The van der Waals surface area contributed by atoms with Crippen LogP contribution in [-0.4, -0.2) is 39.7 Å². The molecule has 0 aromatic carbocycles. The van der Waals surface area contributed by atoms with Crippen molar-refractivity contribution in [2.75, 3.05) is 0 Å². The highest BCUT2D eigenvalue weighted by Gasteiger charge is 2.11. The maximum atomic E-state index is 4.94. The van der Waals surface area contributed by atoms with E-state index in [2.05, 4.69) is 72.8 Å². The summed E-state index contributed by atoms with van der Waals surface area (Å²) in [6.45, 7) is 4.38. The first-order chi connectivity index (χ1) is 16.2. The van der Waals surface area contributed by atoms with Crippen molar-refractivity contribution in [1.29, 1.82) is 0 Å². The maximum Gasteiger partial charge on any atom is 0.159 e. The van der Waals surface area contributed by atoms with Crippen LogP contribution < -0.4 is 0 Å². The van der Waals surface area contributed by atoms with Crippen molar-refractivity contribution in [3.63, 3.8) is 0 Å². The standard InChI is InChI=1S/C24H18N8S/c1-12(2)32-15-5-13(7-25-9-15)14-6-16-22(30-31-23(16)27-8-14)24-28-18-11-26-10-17(21(18)29-24)19-3-4-20(32)33-19/h3-12H,1-2H3,(H,28,29)(H,27,30,31). The van der Waals surface area contributed by atoms with Crippen molar-refractivity contribution >= 4 is 75.8 Å². The predicted octanol–water partition coefficient (Wildman–Crippen LogP) is 5.81. The molecule has 0 aliphatic carbocycles. The van der Waals surface area contributed by atoms with Gasteiger partial charge in [-0.2, -0.15) is 5.10 Å². The Balaban J connectivity index is 1.80. The number of nitrogens with one attached hydrogen (secondary N) is 2. The zero-order chi connectivity index (χ0) is 22.1. The van der Waals surface area contributed by atoms with Crippen molar-refractivity contribution in [1.82, 2.24) is 39.7 Å². The van der Waals surface area contributed by atoms with Crippen molar-refractivity contribution in [3.05, 3.63) is 55.2 Å². The van der Waals surface area contributed by atoms with Crippen LogP contribution >= 0.6 is 11.3 Å². The second-order valence-corrected chi connectivity index (χ2v) is 9.46. The monoisotopic (exact) mass is 450 g/mol. The molecule has 7 aromatic rings. The summed E-state index contributed by atoms with van der Waals surface area (Å²) in [5.74, 6) is 0. The lowest BCUT2D eigenvalue weighted by Gasteiger charge is -2.12. The van der Waals surface area contributed by atoms with E-state index in [1.807, 2.05) is 31.0 Å². The van der Waals surface area contributed by atoms with E-state index >= 15 is 0 Å². The Morgan fingerprint density at radius 3 is 2.67 bits per heavy atom. The summed E-state index contributed by atoms with van der Waals surface area (Å²) in [6.07, 6.45) is 9.33. The van der Waals surface area contributed by atoms with Crippen LogP contribution in [0.2, 0.25) is 0 Å². The molecule has 8 nitrogen and oxygen atoms in total. The van der Waals surface area contributed by atoms with Gasteiger partial charge in [0.25, 0.3) is 0 Å². The van der Waals surface area contributed by atoms with E-state index in [0.717, 1.165) is 53.1 Å². The fourth-order valence-electron chi connectivity index (χ4n) is 4.47. The highest BCUT2D eigenvalue weighted by atomic mass is 32.1. The number of nitrogens with zero attached hydrogens (tertiary/aromatic N) is 6. The van der Waals surface area contributed by atoms with Crippen LogP contribution in [0.1, 0.15) is 19.9 Å². The third-order valence-corrected chi connectivity index (χ3v) is 7.10. The van der Waals surface area contributed by atoms with Gasteiger partial charge in [0.15, 0.2) is 11.3 Å². The van der Waals surface area contributed by atoms with Crippen LogP contribution in [0.25, 0.3) is 64.4 Å². The molecule has 0 aliphatic heterocycles. The Hall–Kier alpha value is -4.11. The molecular formula is C24H18N8S. The number of imidazole rings is 1. The van der Waals surface area contributed by atoms with Crippen molar-refractivity contribution in [2.24, 2.45) is 0 Å². The summed E-state index contributed by atoms with van der Waals surface area (Å²) >= 11 is 1.72. The van der Waals surface area contributed by atoms with Crippen molar-refractivity contribution < 1.29 is 0 Å². The van der Waals surface area contributed by atoms with E-state index in [-0.39, 0.29) is 6.04 Å². The molecule has 0 spiro atoms. The summed E-state index contributed by atoms with van der Waals surface area (Å²) < 4.78 is 3.42. The second-order valence-electron chi connectivity index (χ2n) is 8.39. The summed E-state index contributed by atoms with van der Waals surface area (Å²) in [5, 5.41) is 11.4. The van der Waals surface area contributed by atoms with Gasteiger partial charge >= 0.3 is 0 Å². The van der Waals surface area contributed by atoms with E-state index in [9.17, 15) is 0 Å². The van der Waals surface area contributed by atoms with Gasteiger partial charge in [-0.1, -0.05) is 0 Å². The molecule has 0 aliphatic rings. The first kappa shape index (κ1) is 18.5. The molecule has 0 saturated carbocycles. The first-order valence-electron chi connectivity index (χ1n) is 10.7. The average molecular weight is 451 g/mol. The summed E-state index contributed by atoms with van der Waals surface area (Å²) in [5.41, 5.74) is 4.92. The molecule has 0 amide bonds. The third kappa shape index (κ3) is 2.72. The Morgan fingerprint density at radius 2 is 1.76 bits per heavy atom. The van der Waals surface area contributed by atoms with Crippen LogP contribution in [-0.2, 0) is 0 Å². The van der Waals surface area contributed by atoms with E-state index < -0.39 is 0 Å². The summed E-state index contributed by atoms with van der Waals surface area (Å²) in [6, 6.07) is 8.81. The Morgan fingerprint density at radius 1 is 0.879 bits per heavy atom. The molecule has 7 heterocycles. The molecule has 0 saturated heterocycles. The predicted molar refractivity (Wildman–Crippen MR) is 133 cm³/mol. The minimum atomic E-state index is 0.246. The summed E-state index contributed by atoms with van der Waals surface area (Å²) in [4.78, 5) is 23.1. The zero-order valence-corrected chi connectivity index (χ0v) is 18.7. The number of fused-ring (bicyclic) bond motifs is 9. The van der Waals surface area contributed by atoms with Crippen LogP contribution in [0.3, 0.4) is 0 Å². The number of hydrogen-bond donors (Lipinski definition) is 2. The number of aromatic nitrogens is 8. The molecule has 9 heteroatoms. The molecule has 8 bridgehead atoms. The minimum Gasteiger partial charge on any atom is -0.335 e. The Kier molecular flexibility index (Phi) is 3.74.